The number of benzene rings is 1. The third-order valence-corrected chi connectivity index (χ3v) is 7.45. The summed E-state index contributed by atoms with van der Waals surface area (Å²) < 4.78 is 27.1. The minimum Gasteiger partial charge on any atom is -0.352 e. The van der Waals surface area contributed by atoms with Crippen LogP contribution in [-0.4, -0.2) is 49.1 Å². The standard InChI is InChI=1S/C19H20N4O2S2/c1-15-4-6-16(7-5-15)27(24,25)23-12-10-22(11-13-23)19-9-8-17(20-21-19)18-3-2-14-26-18/h2-9,14H,10-13H2,1H3. The first kappa shape index (κ1) is 18.1. The fourth-order valence-electron chi connectivity index (χ4n) is 3.07. The van der Waals surface area contributed by atoms with E-state index in [-0.39, 0.29) is 0 Å². The summed E-state index contributed by atoms with van der Waals surface area (Å²) in [6, 6.07) is 14.9. The quantitative estimate of drug-likeness (QED) is 0.673. The summed E-state index contributed by atoms with van der Waals surface area (Å²) in [5.41, 5.74) is 1.90. The number of rotatable bonds is 4. The summed E-state index contributed by atoms with van der Waals surface area (Å²) >= 11 is 1.63. The first-order valence-corrected chi connectivity index (χ1v) is 11.1. The van der Waals surface area contributed by atoms with Gasteiger partial charge in [-0.15, -0.1) is 21.5 Å². The molecule has 3 heterocycles. The smallest absolute Gasteiger partial charge is 0.243 e. The van der Waals surface area contributed by atoms with E-state index in [4.69, 9.17) is 0 Å². The van der Waals surface area contributed by atoms with Crippen molar-refractivity contribution in [1.29, 1.82) is 0 Å². The highest BCUT2D eigenvalue weighted by atomic mass is 32.2. The second kappa shape index (κ2) is 7.38. The molecule has 0 saturated carbocycles. The number of aromatic nitrogens is 2. The van der Waals surface area contributed by atoms with Crippen LogP contribution in [0.2, 0.25) is 0 Å². The molecule has 0 amide bonds. The number of hydrogen-bond acceptors (Lipinski definition) is 6. The van der Waals surface area contributed by atoms with Gasteiger partial charge in [0, 0.05) is 26.2 Å². The number of aryl methyl sites for hydroxylation is 1. The molecule has 1 aliphatic rings. The van der Waals surface area contributed by atoms with Crippen LogP contribution < -0.4 is 4.90 Å². The Morgan fingerprint density at radius 2 is 1.67 bits per heavy atom. The molecule has 1 saturated heterocycles. The normalized spacial score (nSPS) is 15.8. The molecule has 0 radical (unpaired) electrons. The van der Waals surface area contributed by atoms with Crippen LogP contribution in [0.4, 0.5) is 5.82 Å². The molecule has 2 aromatic heterocycles. The molecule has 0 atom stereocenters. The van der Waals surface area contributed by atoms with Gasteiger partial charge in [-0.2, -0.15) is 4.31 Å². The zero-order valence-electron chi connectivity index (χ0n) is 14.9. The lowest BCUT2D eigenvalue weighted by Crippen LogP contribution is -2.48. The maximum Gasteiger partial charge on any atom is 0.243 e. The zero-order chi connectivity index (χ0) is 18.9. The van der Waals surface area contributed by atoms with Gasteiger partial charge in [0.1, 0.15) is 5.69 Å². The molecule has 1 fully saturated rings. The van der Waals surface area contributed by atoms with E-state index in [1.54, 1.807) is 27.8 Å². The van der Waals surface area contributed by atoms with E-state index in [2.05, 4.69) is 15.1 Å². The number of nitrogens with zero attached hydrogens (tertiary/aromatic N) is 4. The van der Waals surface area contributed by atoms with E-state index in [9.17, 15) is 8.42 Å². The van der Waals surface area contributed by atoms with Gasteiger partial charge < -0.3 is 4.90 Å². The average Bonchev–Trinajstić information content (AvgIpc) is 3.23. The third-order valence-electron chi connectivity index (χ3n) is 4.65. The van der Waals surface area contributed by atoms with Gasteiger partial charge in [0.05, 0.1) is 9.77 Å². The van der Waals surface area contributed by atoms with Gasteiger partial charge >= 0.3 is 0 Å². The number of anilines is 1. The Balaban J connectivity index is 1.43. The Hall–Kier alpha value is -2.29. The summed E-state index contributed by atoms with van der Waals surface area (Å²) in [7, 11) is -3.45. The Morgan fingerprint density at radius 1 is 0.926 bits per heavy atom. The van der Waals surface area contributed by atoms with Crippen molar-refractivity contribution in [3.05, 3.63) is 59.5 Å². The zero-order valence-corrected chi connectivity index (χ0v) is 16.6. The van der Waals surface area contributed by atoms with E-state index in [0.29, 0.717) is 31.1 Å². The highest BCUT2D eigenvalue weighted by Gasteiger charge is 2.28. The fraction of sp³-hybridized carbons (Fsp3) is 0.263. The lowest BCUT2D eigenvalue weighted by molar-refractivity contribution is 0.383. The first-order chi connectivity index (χ1) is 13.0. The van der Waals surface area contributed by atoms with E-state index < -0.39 is 10.0 Å². The second-order valence-electron chi connectivity index (χ2n) is 6.46. The van der Waals surface area contributed by atoms with Crippen LogP contribution in [0.25, 0.3) is 10.6 Å². The predicted octanol–water partition coefficient (Wildman–Crippen LogP) is 3.02. The van der Waals surface area contributed by atoms with Crippen LogP contribution in [0.5, 0.6) is 0 Å². The highest BCUT2D eigenvalue weighted by molar-refractivity contribution is 7.89. The minimum absolute atomic E-state index is 0.349. The second-order valence-corrected chi connectivity index (χ2v) is 9.34. The number of piperazine rings is 1. The van der Waals surface area contributed by atoms with Crippen LogP contribution in [-0.2, 0) is 10.0 Å². The molecule has 1 aliphatic heterocycles. The van der Waals surface area contributed by atoms with Gasteiger partial charge in [0.15, 0.2) is 5.82 Å². The van der Waals surface area contributed by atoms with Crippen molar-refractivity contribution >= 4 is 27.2 Å². The van der Waals surface area contributed by atoms with Crippen molar-refractivity contribution < 1.29 is 8.42 Å². The Labute approximate surface area is 163 Å². The van der Waals surface area contributed by atoms with Gasteiger partial charge in [0.2, 0.25) is 10.0 Å². The van der Waals surface area contributed by atoms with E-state index in [0.717, 1.165) is 22.0 Å². The summed E-state index contributed by atoms with van der Waals surface area (Å²) in [6.45, 7) is 4.01. The molecule has 3 aromatic rings. The van der Waals surface area contributed by atoms with Crippen LogP contribution in [0, 0.1) is 6.92 Å². The van der Waals surface area contributed by atoms with Gasteiger partial charge in [-0.25, -0.2) is 8.42 Å². The Morgan fingerprint density at radius 3 is 2.26 bits per heavy atom. The van der Waals surface area contributed by atoms with Crippen molar-refractivity contribution in [2.24, 2.45) is 0 Å². The molecule has 0 N–H and O–H groups in total. The SMILES string of the molecule is Cc1ccc(S(=O)(=O)N2CCN(c3ccc(-c4cccs4)nn3)CC2)cc1. The summed E-state index contributed by atoms with van der Waals surface area (Å²) in [4.78, 5) is 3.51. The molecule has 27 heavy (non-hydrogen) atoms. The van der Waals surface area contributed by atoms with Crippen molar-refractivity contribution in [3.8, 4) is 10.6 Å². The maximum atomic E-state index is 12.8. The number of thiophene rings is 1. The van der Waals surface area contributed by atoms with E-state index in [1.807, 2.05) is 48.7 Å². The molecule has 0 unspecified atom stereocenters. The topological polar surface area (TPSA) is 66.4 Å². The van der Waals surface area contributed by atoms with Crippen LogP contribution in [0.15, 0.2) is 58.8 Å². The first-order valence-electron chi connectivity index (χ1n) is 8.73. The van der Waals surface area contributed by atoms with Gasteiger partial charge in [-0.1, -0.05) is 23.8 Å². The van der Waals surface area contributed by atoms with Crippen LogP contribution in [0.3, 0.4) is 0 Å². The monoisotopic (exact) mass is 400 g/mol. The summed E-state index contributed by atoms with van der Waals surface area (Å²) in [5.74, 6) is 0.780. The molecular formula is C19H20N4O2S2. The lowest BCUT2D eigenvalue weighted by Gasteiger charge is -2.34. The molecule has 6 nitrogen and oxygen atoms in total. The van der Waals surface area contributed by atoms with Crippen molar-refractivity contribution in [2.45, 2.75) is 11.8 Å². The molecule has 0 bridgehead atoms. The van der Waals surface area contributed by atoms with Crippen molar-refractivity contribution in [3.63, 3.8) is 0 Å². The largest absolute Gasteiger partial charge is 0.352 e. The number of sulfonamides is 1. The van der Waals surface area contributed by atoms with E-state index >= 15 is 0 Å². The molecule has 140 valence electrons. The third kappa shape index (κ3) is 3.73. The highest BCUT2D eigenvalue weighted by Crippen LogP contribution is 2.24. The molecule has 4 rings (SSSR count). The van der Waals surface area contributed by atoms with Crippen molar-refractivity contribution in [2.75, 3.05) is 31.1 Å². The molecule has 0 spiro atoms. The van der Waals surface area contributed by atoms with Crippen molar-refractivity contribution in [1.82, 2.24) is 14.5 Å². The minimum atomic E-state index is -3.45. The summed E-state index contributed by atoms with van der Waals surface area (Å²) in [5, 5.41) is 10.6. The summed E-state index contributed by atoms with van der Waals surface area (Å²) in [6.07, 6.45) is 0. The molecule has 1 aromatic carbocycles. The fourth-order valence-corrected chi connectivity index (χ4v) is 5.18. The van der Waals surface area contributed by atoms with Crippen LogP contribution >= 0.6 is 11.3 Å². The van der Waals surface area contributed by atoms with Gasteiger partial charge in [-0.05, 0) is 42.6 Å². The number of hydrogen-bond donors (Lipinski definition) is 0. The Bertz CT molecular complexity index is 993. The lowest BCUT2D eigenvalue weighted by atomic mass is 10.2. The van der Waals surface area contributed by atoms with Gasteiger partial charge in [0.25, 0.3) is 0 Å². The van der Waals surface area contributed by atoms with Gasteiger partial charge in [-0.3, -0.25) is 0 Å². The molecule has 8 heteroatoms. The predicted molar refractivity (Wildman–Crippen MR) is 107 cm³/mol. The molecule has 0 aliphatic carbocycles. The maximum absolute atomic E-state index is 12.8. The molecular weight excluding hydrogens is 380 g/mol. The van der Waals surface area contributed by atoms with Crippen LogP contribution in [0.1, 0.15) is 5.56 Å². The average molecular weight is 401 g/mol. The Kier molecular flexibility index (Phi) is 4.94. The van der Waals surface area contributed by atoms with E-state index in [1.165, 1.54) is 0 Å².